The smallest absolute Gasteiger partial charge is 0.372 e. The molecular formula is C44H47ClN3O9PS2. The minimum atomic E-state index is -1.21. The van der Waals surface area contributed by atoms with Crippen LogP contribution in [0.2, 0.25) is 5.02 Å². The summed E-state index contributed by atoms with van der Waals surface area (Å²) in [5.74, 6) is 2.99. The van der Waals surface area contributed by atoms with E-state index in [9.17, 15) is 14.4 Å². The van der Waals surface area contributed by atoms with Crippen molar-refractivity contribution in [3.63, 3.8) is 0 Å². The van der Waals surface area contributed by atoms with E-state index in [0.717, 1.165) is 54.4 Å². The van der Waals surface area contributed by atoms with Crippen molar-refractivity contribution in [2.24, 2.45) is 0 Å². The summed E-state index contributed by atoms with van der Waals surface area (Å²) in [6, 6.07) is 32.3. The highest BCUT2D eigenvalue weighted by atomic mass is 35.5. The number of benzene rings is 4. The molecule has 1 N–H and O–H groups in total. The Balaban J connectivity index is 1.18. The van der Waals surface area contributed by atoms with Crippen LogP contribution in [0.15, 0.2) is 119 Å². The first-order valence-corrected chi connectivity index (χ1v) is 23.7. The summed E-state index contributed by atoms with van der Waals surface area (Å²) in [7, 11) is 2.06. The Kier molecular flexibility index (Phi) is 15.1. The second-order valence-electron chi connectivity index (χ2n) is 14.2. The Hall–Kier alpha value is -4.11. The van der Waals surface area contributed by atoms with Gasteiger partial charge in [0.1, 0.15) is 35.2 Å². The summed E-state index contributed by atoms with van der Waals surface area (Å²) in [5, 5.41) is 0.165. The summed E-state index contributed by atoms with van der Waals surface area (Å²) in [6.07, 6.45) is 2.10. The molecule has 1 aromatic heterocycles. The summed E-state index contributed by atoms with van der Waals surface area (Å²) in [4.78, 5) is 40.7. The van der Waals surface area contributed by atoms with Crippen molar-refractivity contribution in [3.05, 3.63) is 157 Å². The molecule has 12 nitrogen and oxygen atoms in total. The molecule has 2 aliphatic rings. The highest BCUT2D eigenvalue weighted by Gasteiger charge is 2.44. The van der Waals surface area contributed by atoms with Crippen LogP contribution in [-0.2, 0) is 19.6 Å². The Morgan fingerprint density at radius 1 is 0.850 bits per heavy atom. The van der Waals surface area contributed by atoms with Crippen LogP contribution in [0.25, 0.3) is 0 Å². The van der Waals surface area contributed by atoms with Crippen molar-refractivity contribution in [1.82, 2.24) is 14.2 Å². The zero-order chi connectivity index (χ0) is 42.1. The van der Waals surface area contributed by atoms with Crippen LogP contribution in [0.1, 0.15) is 47.7 Å². The Bertz CT molecular complexity index is 2250. The first kappa shape index (κ1) is 44.0. The number of ether oxygens (including phenoxy) is 5. The Labute approximate surface area is 363 Å². The van der Waals surface area contributed by atoms with Gasteiger partial charge >= 0.3 is 11.0 Å². The number of methoxy groups -OCH3 is 2. The molecule has 0 aliphatic carbocycles. The number of aromatic nitrogens is 2. The number of thioether (sulfide) groups is 1. The first-order valence-electron chi connectivity index (χ1n) is 19.6. The largest absolute Gasteiger partial charge is 0.497 e. The Morgan fingerprint density at radius 2 is 1.45 bits per heavy atom. The van der Waals surface area contributed by atoms with Crippen molar-refractivity contribution in [1.29, 1.82) is 0 Å². The van der Waals surface area contributed by atoms with Gasteiger partial charge in [0.15, 0.2) is 7.50 Å². The zero-order valence-corrected chi connectivity index (χ0v) is 36.8. The summed E-state index contributed by atoms with van der Waals surface area (Å²) in [5.41, 5.74) is 0.870. The van der Waals surface area contributed by atoms with Crippen molar-refractivity contribution in [2.45, 2.75) is 50.2 Å². The number of aromatic amines is 1. The third-order valence-corrected chi connectivity index (χ3v) is 15.7. The van der Waals surface area contributed by atoms with Gasteiger partial charge in [0.05, 0.1) is 26.9 Å². The van der Waals surface area contributed by atoms with Gasteiger partial charge in [-0.05, 0) is 96.7 Å². The topological polar surface area (TPSA) is 131 Å². The number of carbonyl (C=O) groups is 1. The predicted molar refractivity (Wildman–Crippen MR) is 238 cm³/mol. The highest BCUT2D eigenvalue weighted by Crippen LogP contribution is 2.58. The summed E-state index contributed by atoms with van der Waals surface area (Å²) >= 11 is 8.76. The summed E-state index contributed by atoms with van der Waals surface area (Å²) in [6.45, 7) is 3.49. The van der Waals surface area contributed by atoms with Gasteiger partial charge in [-0.2, -0.15) is 0 Å². The third kappa shape index (κ3) is 10.5. The van der Waals surface area contributed by atoms with Crippen LogP contribution in [0.4, 0.5) is 4.79 Å². The molecule has 2 fully saturated rings. The van der Waals surface area contributed by atoms with Crippen LogP contribution in [0.5, 0.6) is 17.2 Å². The highest BCUT2D eigenvalue weighted by molar-refractivity contribution is 8.53. The lowest BCUT2D eigenvalue weighted by Crippen LogP contribution is -2.38. The maximum Gasteiger partial charge on any atom is 0.372 e. The lowest BCUT2D eigenvalue weighted by atomic mass is 9.80. The maximum atomic E-state index is 13.2. The third-order valence-electron chi connectivity index (χ3n) is 10.3. The van der Waals surface area contributed by atoms with Crippen molar-refractivity contribution >= 4 is 47.5 Å². The molecule has 16 heteroatoms. The molecule has 60 heavy (non-hydrogen) atoms. The molecule has 0 amide bonds. The molecule has 2 saturated heterocycles. The molecule has 2 aliphatic heterocycles. The second kappa shape index (κ2) is 20.6. The molecule has 1 unspecified atom stereocenters. The van der Waals surface area contributed by atoms with Crippen LogP contribution in [0, 0.1) is 6.92 Å². The van der Waals surface area contributed by atoms with E-state index in [2.05, 4.69) is 9.65 Å². The molecule has 0 spiro atoms. The standard InChI is InChI=1S/C44H47ClN3O9PS2/c1-30-28-48(42(50)46-41(30)49)40-27-38(57-58(47-23-7-8-24-47)60-26-25-59-43(51)55-37-21-15-34(45)16-22-37)39(56-40)29-54-44(31-9-5-4-6-10-31,32-11-17-35(52-2)18-12-32)33-13-19-36(53-3)20-14-33/h4-6,9-22,28,38-40H,7-8,23-27,29H2,1-3H3,(H,46,49,50)/t38-,39+,40+,58?/m0/s1. The van der Waals surface area contributed by atoms with Crippen molar-refractivity contribution in [3.8, 4) is 17.2 Å². The van der Waals surface area contributed by atoms with Gasteiger partial charge in [-0.15, -0.1) is 0 Å². The molecular weight excluding hydrogens is 845 g/mol. The van der Waals surface area contributed by atoms with E-state index in [0.29, 0.717) is 45.8 Å². The van der Waals surface area contributed by atoms with Crippen LogP contribution < -0.4 is 25.5 Å². The zero-order valence-electron chi connectivity index (χ0n) is 33.5. The quantitative estimate of drug-likeness (QED) is 0.0414. The second-order valence-corrected chi connectivity index (χ2v) is 19.3. The lowest BCUT2D eigenvalue weighted by molar-refractivity contribution is -0.0910. The van der Waals surface area contributed by atoms with E-state index >= 15 is 0 Å². The van der Waals surface area contributed by atoms with Gasteiger partial charge in [-0.3, -0.25) is 19.0 Å². The number of nitrogens with one attached hydrogen (secondary N) is 1. The number of hydrogen-bond donors (Lipinski definition) is 1. The molecule has 5 aromatic rings. The van der Waals surface area contributed by atoms with E-state index in [-0.39, 0.29) is 6.61 Å². The fourth-order valence-corrected chi connectivity index (χ4v) is 12.5. The van der Waals surface area contributed by atoms with Gasteiger partial charge in [0.2, 0.25) is 0 Å². The van der Waals surface area contributed by atoms with E-state index < -0.39 is 48.1 Å². The fraction of sp³-hybridized carbons (Fsp3) is 0.341. The summed E-state index contributed by atoms with van der Waals surface area (Å²) < 4.78 is 41.5. The molecule has 0 saturated carbocycles. The molecule has 3 heterocycles. The molecule has 0 radical (unpaired) electrons. The van der Waals surface area contributed by atoms with Gasteiger partial charge in [0, 0.05) is 47.8 Å². The number of carbonyl (C=O) groups excluding carboxylic acids is 1. The lowest BCUT2D eigenvalue weighted by Gasteiger charge is -2.37. The average Bonchev–Trinajstić information content (AvgIpc) is 3.96. The maximum absolute atomic E-state index is 13.2. The SMILES string of the molecule is COc1ccc(C(OC[C@H]2O[C@@H](n3cc(C)c(=O)[nH]c3=O)C[C@@H]2OP(SCCSC(=O)Oc2ccc(Cl)cc2)N2CCCC2)(c2ccccc2)c2ccc(OC)cc2)cc1. The molecule has 4 atom stereocenters. The van der Waals surface area contributed by atoms with Crippen molar-refractivity contribution < 1.29 is 33.0 Å². The van der Waals surface area contributed by atoms with E-state index in [1.165, 1.54) is 10.8 Å². The fourth-order valence-electron chi connectivity index (χ4n) is 7.24. The van der Waals surface area contributed by atoms with Gasteiger partial charge in [0.25, 0.3) is 5.56 Å². The number of hydrogen-bond acceptors (Lipinski definition) is 12. The molecule has 316 valence electrons. The first-order chi connectivity index (χ1) is 29.2. The molecule has 7 rings (SSSR count). The number of halogens is 1. The van der Waals surface area contributed by atoms with Gasteiger partial charge < -0.3 is 28.2 Å². The monoisotopic (exact) mass is 891 g/mol. The number of nitrogens with zero attached hydrogens (tertiary/aromatic N) is 2. The van der Waals surface area contributed by atoms with E-state index in [1.54, 1.807) is 56.8 Å². The van der Waals surface area contributed by atoms with Crippen LogP contribution >= 0.6 is 42.2 Å². The van der Waals surface area contributed by atoms with Gasteiger partial charge in [-0.25, -0.2) is 9.59 Å². The number of rotatable bonds is 17. The van der Waals surface area contributed by atoms with Gasteiger partial charge in [-0.1, -0.05) is 77.6 Å². The van der Waals surface area contributed by atoms with Crippen molar-refractivity contribution in [2.75, 3.05) is 45.4 Å². The normalized spacial score (nSPS) is 18.6. The molecule has 4 aromatic carbocycles. The minimum Gasteiger partial charge on any atom is -0.497 e. The van der Waals surface area contributed by atoms with E-state index in [1.807, 2.05) is 78.9 Å². The number of H-pyrrole nitrogens is 1. The van der Waals surface area contributed by atoms with Crippen LogP contribution in [0.3, 0.4) is 0 Å². The molecule has 0 bridgehead atoms. The van der Waals surface area contributed by atoms with E-state index in [4.69, 9.17) is 39.8 Å². The Morgan fingerprint density at radius 3 is 2.07 bits per heavy atom. The van der Waals surface area contributed by atoms with Crippen LogP contribution in [-0.4, -0.2) is 77.2 Å². The minimum absolute atomic E-state index is 0.0748. The number of aryl methyl sites for hydroxylation is 1. The average molecular weight is 892 g/mol. The predicted octanol–water partition coefficient (Wildman–Crippen LogP) is 9.19.